The number of rotatable bonds is 3. The Labute approximate surface area is 96.8 Å². The molecule has 3 heterocycles. The first-order valence-electron chi connectivity index (χ1n) is 6.06. The van der Waals surface area contributed by atoms with Gasteiger partial charge >= 0.3 is 7.75 Å². The number of piperazine rings is 3. The van der Waals surface area contributed by atoms with Crippen LogP contribution in [0.2, 0.25) is 0 Å². The molecule has 0 unspecified atom stereocenters. The minimum Gasteiger partial charge on any atom is -0.286 e. The van der Waals surface area contributed by atoms with E-state index >= 15 is 0 Å². The summed E-state index contributed by atoms with van der Waals surface area (Å²) in [5.74, 6) is 0. The first-order valence-corrected chi connectivity index (χ1v) is 7.63. The number of nitrogens with zero attached hydrogens (tertiary/aromatic N) is 2. The van der Waals surface area contributed by atoms with Gasteiger partial charge in [-0.25, -0.2) is 8.82 Å². The fourth-order valence-electron chi connectivity index (χ4n) is 3.62. The largest absolute Gasteiger partial charge is 0.527 e. The van der Waals surface area contributed by atoms with Gasteiger partial charge in [-0.15, -0.1) is 0 Å². The zero-order valence-corrected chi connectivity index (χ0v) is 11.0. The van der Waals surface area contributed by atoms with Crippen molar-refractivity contribution in [2.45, 2.75) is 32.2 Å². The van der Waals surface area contributed by atoms with Crippen LogP contribution in [0.3, 0.4) is 0 Å². The Bertz CT molecular complexity index is 316. The number of hydrogen-bond acceptors (Lipinski definition) is 2. The fourth-order valence-corrected chi connectivity index (χ4v) is 5.22. The van der Waals surface area contributed by atoms with Gasteiger partial charge in [0.25, 0.3) is 0 Å². The highest BCUT2D eigenvalue weighted by molar-refractivity contribution is 7.45. The van der Waals surface area contributed by atoms with Crippen molar-refractivity contribution in [3.8, 4) is 0 Å². The SMILES string of the molecule is CCC1(CC)CN2CC[N+]1(P(=O)(O)O)CC2. The van der Waals surface area contributed by atoms with Crippen LogP contribution < -0.4 is 0 Å². The molecule has 0 saturated carbocycles. The average molecular weight is 249 g/mol. The van der Waals surface area contributed by atoms with E-state index in [0.29, 0.717) is 13.1 Å². The highest BCUT2D eigenvalue weighted by Gasteiger charge is 2.64. The van der Waals surface area contributed by atoms with Gasteiger partial charge in [-0.2, -0.15) is 0 Å². The lowest BCUT2D eigenvalue weighted by molar-refractivity contribution is -0.895. The van der Waals surface area contributed by atoms with E-state index in [9.17, 15) is 14.4 Å². The molecular weight excluding hydrogens is 227 g/mol. The molecule has 0 spiro atoms. The van der Waals surface area contributed by atoms with Crippen LogP contribution >= 0.6 is 7.75 Å². The number of fused-ring (bicyclic) bond motifs is 3. The minimum atomic E-state index is -4.08. The van der Waals surface area contributed by atoms with E-state index in [1.807, 2.05) is 0 Å². The van der Waals surface area contributed by atoms with Crippen LogP contribution in [0.4, 0.5) is 0 Å². The van der Waals surface area contributed by atoms with E-state index in [1.165, 1.54) is 0 Å². The number of quaternary nitrogens is 1. The third-order valence-corrected chi connectivity index (χ3v) is 6.61. The van der Waals surface area contributed by atoms with Gasteiger partial charge < -0.3 is 0 Å². The Morgan fingerprint density at radius 1 is 1.25 bits per heavy atom. The summed E-state index contributed by atoms with van der Waals surface area (Å²) < 4.78 is 12.0. The van der Waals surface area contributed by atoms with Crippen molar-refractivity contribution in [1.29, 1.82) is 0 Å². The molecule has 0 radical (unpaired) electrons. The monoisotopic (exact) mass is 249 g/mol. The van der Waals surface area contributed by atoms with Crippen LogP contribution in [0.1, 0.15) is 26.7 Å². The van der Waals surface area contributed by atoms with Crippen LogP contribution in [0, 0.1) is 0 Å². The van der Waals surface area contributed by atoms with Gasteiger partial charge in [-0.05, 0) is 0 Å². The molecule has 0 aliphatic carbocycles. The first kappa shape index (κ1) is 12.5. The van der Waals surface area contributed by atoms with Crippen molar-refractivity contribution in [1.82, 2.24) is 4.90 Å². The third-order valence-electron chi connectivity index (χ3n) is 4.79. The smallest absolute Gasteiger partial charge is 0.286 e. The molecule has 0 aromatic rings. The normalized spacial score (nSPS) is 37.6. The summed E-state index contributed by atoms with van der Waals surface area (Å²) in [4.78, 5) is 21.9. The maximum atomic E-state index is 11.9. The zero-order valence-electron chi connectivity index (χ0n) is 10.1. The molecule has 0 atom stereocenters. The Hall–Kier alpha value is 0.0700. The molecule has 94 valence electrons. The predicted molar refractivity (Wildman–Crippen MR) is 61.8 cm³/mol. The molecule has 3 rings (SSSR count). The third kappa shape index (κ3) is 1.42. The molecular formula is C10H22N2O3P+. The van der Waals surface area contributed by atoms with Crippen molar-refractivity contribution in [2.75, 3.05) is 32.7 Å². The number of hydrogen-bond donors (Lipinski definition) is 2. The van der Waals surface area contributed by atoms with Gasteiger partial charge in [0.15, 0.2) is 0 Å². The summed E-state index contributed by atoms with van der Waals surface area (Å²) in [5.41, 5.74) is -0.241. The molecule has 3 saturated heterocycles. The van der Waals surface area contributed by atoms with E-state index in [2.05, 4.69) is 18.7 Å². The summed E-state index contributed by atoms with van der Waals surface area (Å²) in [6, 6.07) is 0. The van der Waals surface area contributed by atoms with Gasteiger partial charge in [-0.3, -0.25) is 14.7 Å². The lowest BCUT2D eigenvalue weighted by Gasteiger charge is -2.61. The fraction of sp³-hybridized carbons (Fsp3) is 1.00. The molecule has 2 N–H and O–H groups in total. The van der Waals surface area contributed by atoms with E-state index < -0.39 is 7.75 Å². The molecule has 3 fully saturated rings. The Balaban J connectivity index is 2.48. The molecule has 0 aromatic heterocycles. The van der Waals surface area contributed by atoms with Crippen LogP contribution in [0.25, 0.3) is 0 Å². The van der Waals surface area contributed by atoms with E-state index in [-0.39, 0.29) is 9.79 Å². The standard InChI is InChI=1S/C10H21N2O3P/c1-3-10(4-2)9-11-5-7-12(10,8-6-11)16(13,14)15/h3-9H2,1-2H3,(H-,13,14,15)/p+1. The van der Waals surface area contributed by atoms with Crippen LogP contribution in [0.15, 0.2) is 0 Å². The maximum absolute atomic E-state index is 11.9. The van der Waals surface area contributed by atoms with E-state index in [1.54, 1.807) is 0 Å². The van der Waals surface area contributed by atoms with Gasteiger partial charge in [-0.1, -0.05) is 13.8 Å². The van der Waals surface area contributed by atoms with Crippen molar-refractivity contribution in [2.24, 2.45) is 0 Å². The summed E-state index contributed by atoms with van der Waals surface area (Å²) in [7, 11) is -4.08. The molecule has 16 heavy (non-hydrogen) atoms. The van der Waals surface area contributed by atoms with Crippen molar-refractivity contribution in [3.05, 3.63) is 0 Å². The Morgan fingerprint density at radius 2 is 1.75 bits per heavy atom. The molecule has 5 nitrogen and oxygen atoms in total. The van der Waals surface area contributed by atoms with E-state index in [0.717, 1.165) is 32.5 Å². The average Bonchev–Trinajstić information content (AvgIpc) is 2.28. The molecule has 0 aromatic carbocycles. The van der Waals surface area contributed by atoms with Crippen LogP contribution in [-0.4, -0.2) is 57.2 Å². The lowest BCUT2D eigenvalue weighted by atomic mass is 9.85. The maximum Gasteiger partial charge on any atom is 0.527 e. The van der Waals surface area contributed by atoms with Gasteiger partial charge in [0.05, 0.1) is 19.6 Å². The van der Waals surface area contributed by atoms with Crippen LogP contribution in [-0.2, 0) is 4.57 Å². The highest BCUT2D eigenvalue weighted by Crippen LogP contribution is 2.58. The lowest BCUT2D eigenvalue weighted by Crippen LogP contribution is -2.76. The summed E-state index contributed by atoms with van der Waals surface area (Å²) in [6.07, 6.45) is 1.68. The topological polar surface area (TPSA) is 60.8 Å². The second-order valence-corrected chi connectivity index (χ2v) is 6.88. The first-order chi connectivity index (χ1) is 7.41. The van der Waals surface area contributed by atoms with Crippen molar-refractivity contribution < 1.29 is 18.6 Å². The Morgan fingerprint density at radius 3 is 2.06 bits per heavy atom. The highest BCUT2D eigenvalue weighted by atomic mass is 31.2. The quantitative estimate of drug-likeness (QED) is 0.726. The zero-order chi connectivity index (χ0) is 12.0. The van der Waals surface area contributed by atoms with Gasteiger partial charge in [0, 0.05) is 25.9 Å². The second-order valence-electron chi connectivity index (χ2n) is 5.09. The minimum absolute atomic E-state index is 0.0312. The summed E-state index contributed by atoms with van der Waals surface area (Å²) >= 11 is 0. The summed E-state index contributed by atoms with van der Waals surface area (Å²) in [6.45, 7) is 7.81. The second kappa shape index (κ2) is 3.79. The van der Waals surface area contributed by atoms with Crippen molar-refractivity contribution >= 4 is 7.75 Å². The van der Waals surface area contributed by atoms with Crippen LogP contribution in [0.5, 0.6) is 0 Å². The van der Waals surface area contributed by atoms with E-state index in [4.69, 9.17) is 0 Å². The van der Waals surface area contributed by atoms with Crippen molar-refractivity contribution in [3.63, 3.8) is 0 Å². The molecule has 3 aliphatic rings. The molecule has 2 bridgehead atoms. The predicted octanol–water partition coefficient (Wildman–Crippen LogP) is 0.784. The molecule has 6 heteroatoms. The molecule has 0 amide bonds. The Kier molecular flexibility index (Phi) is 2.96. The van der Waals surface area contributed by atoms with Gasteiger partial charge in [0.1, 0.15) is 5.54 Å². The summed E-state index contributed by atoms with van der Waals surface area (Å²) in [5, 5.41) is 0. The van der Waals surface area contributed by atoms with Gasteiger partial charge in [0.2, 0.25) is 0 Å². The molecule has 3 aliphatic heterocycles.